The van der Waals surface area contributed by atoms with E-state index in [1.54, 1.807) is 20.3 Å². The summed E-state index contributed by atoms with van der Waals surface area (Å²) in [5, 5.41) is 9.75. The minimum atomic E-state index is 0.336. The Morgan fingerprint density at radius 2 is 2.00 bits per heavy atom. The van der Waals surface area contributed by atoms with Gasteiger partial charge < -0.3 is 19.0 Å². The first-order valence-electron chi connectivity index (χ1n) is 11.3. The number of hydrogen-bond donors (Lipinski definition) is 1. The second-order valence-electron chi connectivity index (χ2n) is 8.42. The molecule has 0 radical (unpaired) electrons. The van der Waals surface area contributed by atoms with Gasteiger partial charge in [-0.25, -0.2) is 4.98 Å². The quantitative estimate of drug-likeness (QED) is 0.513. The lowest BCUT2D eigenvalue weighted by Gasteiger charge is -2.35. The van der Waals surface area contributed by atoms with Gasteiger partial charge in [0.05, 0.1) is 25.5 Å². The summed E-state index contributed by atoms with van der Waals surface area (Å²) in [7, 11) is 3.27. The lowest BCUT2D eigenvalue weighted by Crippen LogP contribution is -2.39. The van der Waals surface area contributed by atoms with Crippen LogP contribution in [-0.4, -0.2) is 41.8 Å². The minimum absolute atomic E-state index is 0.336. The van der Waals surface area contributed by atoms with Crippen LogP contribution >= 0.6 is 0 Å². The fourth-order valence-electron chi connectivity index (χ4n) is 4.50. The molecule has 0 unspecified atom stereocenters. The zero-order valence-electron chi connectivity index (χ0n) is 19.1. The van der Waals surface area contributed by atoms with Gasteiger partial charge in [0.25, 0.3) is 0 Å². The molecule has 0 saturated carbocycles. The summed E-state index contributed by atoms with van der Waals surface area (Å²) in [6.45, 7) is 3.82. The number of hydrogen-bond acceptors (Lipinski definition) is 6. The van der Waals surface area contributed by atoms with E-state index in [0.29, 0.717) is 23.4 Å². The van der Waals surface area contributed by atoms with E-state index in [2.05, 4.69) is 11.0 Å². The largest absolute Gasteiger partial charge is 0.508 e. The Morgan fingerprint density at radius 1 is 1.12 bits per heavy atom. The molecule has 32 heavy (non-hydrogen) atoms. The van der Waals surface area contributed by atoms with Crippen molar-refractivity contribution in [2.24, 2.45) is 0 Å². The average Bonchev–Trinajstić information content (AvgIpc) is 3.18. The Bertz CT molecular complexity index is 1050. The predicted octanol–water partition coefficient (Wildman–Crippen LogP) is 5.36. The third kappa shape index (κ3) is 5.07. The van der Waals surface area contributed by atoms with Crippen LogP contribution in [0, 0.1) is 6.92 Å². The van der Waals surface area contributed by atoms with Crippen molar-refractivity contribution >= 4 is 0 Å². The van der Waals surface area contributed by atoms with E-state index in [0.717, 1.165) is 48.7 Å². The molecule has 1 aliphatic rings. The van der Waals surface area contributed by atoms with Crippen molar-refractivity contribution in [1.29, 1.82) is 0 Å². The second-order valence-corrected chi connectivity index (χ2v) is 8.42. The summed E-state index contributed by atoms with van der Waals surface area (Å²) in [5.41, 5.74) is 2.98. The van der Waals surface area contributed by atoms with Crippen molar-refractivity contribution in [2.75, 3.05) is 20.8 Å². The first kappa shape index (κ1) is 22.2. The molecule has 2 heterocycles. The monoisotopic (exact) mass is 436 g/mol. The van der Waals surface area contributed by atoms with Gasteiger partial charge >= 0.3 is 0 Å². The SMILES string of the molecule is COc1ccc(-c2nc(CN3CCCC[C@@H]3CCc3cccc(O)c3)c(C)o2)c(OC)c1. The highest BCUT2D eigenvalue weighted by atomic mass is 16.5. The van der Waals surface area contributed by atoms with Crippen LogP contribution < -0.4 is 9.47 Å². The van der Waals surface area contributed by atoms with E-state index in [-0.39, 0.29) is 0 Å². The van der Waals surface area contributed by atoms with Crippen LogP contribution in [0.25, 0.3) is 11.5 Å². The Morgan fingerprint density at radius 3 is 2.78 bits per heavy atom. The number of nitrogens with zero attached hydrogens (tertiary/aromatic N) is 2. The van der Waals surface area contributed by atoms with Crippen molar-refractivity contribution < 1.29 is 19.0 Å². The number of ether oxygens (including phenoxy) is 2. The Labute approximate surface area is 189 Å². The molecule has 0 spiro atoms. The van der Waals surface area contributed by atoms with E-state index in [9.17, 15) is 5.11 Å². The van der Waals surface area contributed by atoms with Crippen molar-refractivity contribution in [3.05, 3.63) is 59.5 Å². The van der Waals surface area contributed by atoms with Crippen LogP contribution in [0.15, 0.2) is 46.9 Å². The molecule has 1 fully saturated rings. The molecule has 1 N–H and O–H groups in total. The Balaban J connectivity index is 1.48. The third-order valence-electron chi connectivity index (χ3n) is 6.31. The van der Waals surface area contributed by atoms with Crippen molar-refractivity contribution in [2.45, 2.75) is 51.6 Å². The molecule has 170 valence electrons. The maximum absolute atomic E-state index is 9.75. The van der Waals surface area contributed by atoms with Gasteiger partial charge in [-0.1, -0.05) is 18.6 Å². The number of aromatic nitrogens is 1. The fraction of sp³-hybridized carbons (Fsp3) is 0.423. The molecule has 0 bridgehead atoms. The summed E-state index contributed by atoms with van der Waals surface area (Å²) in [6, 6.07) is 13.7. The van der Waals surface area contributed by atoms with E-state index in [1.165, 1.54) is 24.8 Å². The highest BCUT2D eigenvalue weighted by molar-refractivity contribution is 5.65. The summed E-state index contributed by atoms with van der Waals surface area (Å²) in [6.07, 6.45) is 5.68. The number of benzene rings is 2. The minimum Gasteiger partial charge on any atom is -0.508 e. The Hall–Kier alpha value is -2.99. The molecule has 6 nitrogen and oxygen atoms in total. The standard InChI is InChI=1S/C26H32N2O4/c1-18-24(27-26(32-18)23-13-12-22(30-2)16-25(23)31-3)17-28-14-5-4-8-20(28)11-10-19-7-6-9-21(29)15-19/h6-7,9,12-13,15-16,20,29H,4-5,8,10-11,14,17H2,1-3H3/t20-/m1/s1. The molecule has 0 aliphatic carbocycles. The number of piperidine rings is 1. The summed E-state index contributed by atoms with van der Waals surface area (Å²) < 4.78 is 16.9. The number of rotatable bonds is 8. The number of phenolic OH excluding ortho intramolecular Hbond substituents is 1. The van der Waals surface area contributed by atoms with E-state index < -0.39 is 0 Å². The summed E-state index contributed by atoms with van der Waals surface area (Å²) >= 11 is 0. The van der Waals surface area contributed by atoms with Crippen LogP contribution in [-0.2, 0) is 13.0 Å². The lowest BCUT2D eigenvalue weighted by atomic mass is 9.95. The molecule has 3 aromatic rings. The van der Waals surface area contributed by atoms with Gasteiger partial charge in [0.2, 0.25) is 5.89 Å². The molecule has 1 aliphatic heterocycles. The molecule has 1 atom stereocenters. The van der Waals surface area contributed by atoms with Gasteiger partial charge in [0, 0.05) is 18.7 Å². The van der Waals surface area contributed by atoms with Gasteiger partial charge in [-0.3, -0.25) is 4.90 Å². The summed E-state index contributed by atoms with van der Waals surface area (Å²) in [5.74, 6) is 3.17. The maximum Gasteiger partial charge on any atom is 0.230 e. The van der Waals surface area contributed by atoms with Crippen LogP contribution in [0.3, 0.4) is 0 Å². The molecular weight excluding hydrogens is 404 g/mol. The van der Waals surface area contributed by atoms with Crippen LogP contribution in [0.4, 0.5) is 0 Å². The van der Waals surface area contributed by atoms with Gasteiger partial charge in [-0.2, -0.15) is 0 Å². The molecule has 2 aromatic carbocycles. The van der Waals surface area contributed by atoms with Gasteiger partial charge in [-0.05, 0) is 69.0 Å². The molecule has 0 amide bonds. The number of aromatic hydroxyl groups is 1. The van der Waals surface area contributed by atoms with E-state index in [4.69, 9.17) is 18.9 Å². The van der Waals surface area contributed by atoms with Crippen LogP contribution in [0.2, 0.25) is 0 Å². The van der Waals surface area contributed by atoms with Crippen molar-refractivity contribution in [3.8, 4) is 28.7 Å². The predicted molar refractivity (Wildman–Crippen MR) is 124 cm³/mol. The van der Waals surface area contributed by atoms with E-state index in [1.807, 2.05) is 37.3 Å². The van der Waals surface area contributed by atoms with E-state index >= 15 is 0 Å². The van der Waals surface area contributed by atoms with Crippen molar-refractivity contribution in [3.63, 3.8) is 0 Å². The second kappa shape index (κ2) is 10.1. The third-order valence-corrected chi connectivity index (χ3v) is 6.31. The summed E-state index contributed by atoms with van der Waals surface area (Å²) in [4.78, 5) is 7.37. The number of phenols is 1. The highest BCUT2D eigenvalue weighted by Gasteiger charge is 2.25. The van der Waals surface area contributed by atoms with Crippen LogP contribution in [0.1, 0.15) is 42.7 Å². The first-order valence-corrected chi connectivity index (χ1v) is 11.3. The Kier molecular flexibility index (Phi) is 7.00. The van der Waals surface area contributed by atoms with Gasteiger partial charge in [0.1, 0.15) is 23.0 Å². The number of likely N-dealkylation sites (tertiary alicyclic amines) is 1. The molecule has 6 heteroatoms. The molecular formula is C26H32N2O4. The first-order chi connectivity index (χ1) is 15.6. The normalized spacial score (nSPS) is 16.8. The zero-order valence-corrected chi connectivity index (χ0v) is 19.1. The molecule has 1 aromatic heterocycles. The fourth-order valence-corrected chi connectivity index (χ4v) is 4.50. The number of methoxy groups -OCH3 is 2. The topological polar surface area (TPSA) is 68.0 Å². The lowest BCUT2D eigenvalue weighted by molar-refractivity contribution is 0.130. The zero-order chi connectivity index (χ0) is 22.5. The smallest absolute Gasteiger partial charge is 0.230 e. The molecule has 4 rings (SSSR count). The van der Waals surface area contributed by atoms with Gasteiger partial charge in [0.15, 0.2) is 0 Å². The number of aryl methyl sites for hydroxylation is 2. The van der Waals surface area contributed by atoms with Crippen molar-refractivity contribution in [1.82, 2.24) is 9.88 Å². The maximum atomic E-state index is 9.75. The highest BCUT2D eigenvalue weighted by Crippen LogP contribution is 2.34. The van der Waals surface area contributed by atoms with Crippen LogP contribution in [0.5, 0.6) is 17.2 Å². The number of oxazole rings is 1. The van der Waals surface area contributed by atoms with Gasteiger partial charge in [-0.15, -0.1) is 0 Å². The molecule has 1 saturated heterocycles. The average molecular weight is 437 g/mol.